The van der Waals surface area contributed by atoms with Crippen molar-refractivity contribution in [3.05, 3.63) is 34.9 Å². The van der Waals surface area contributed by atoms with E-state index in [1.165, 1.54) is 0 Å². The fraction of sp³-hybridized carbons (Fsp3) is 0.533. The average Bonchev–Trinajstić information content (AvgIpc) is 2.74. The van der Waals surface area contributed by atoms with Crippen molar-refractivity contribution in [2.45, 2.75) is 38.8 Å². The minimum atomic E-state index is -0.716. The van der Waals surface area contributed by atoms with Gasteiger partial charge in [0.25, 0.3) is 0 Å². The molecule has 1 heterocycles. The summed E-state index contributed by atoms with van der Waals surface area (Å²) < 4.78 is 0. The number of rotatable bonds is 2. The molecule has 3 nitrogen and oxygen atoms in total. The highest BCUT2D eigenvalue weighted by Crippen LogP contribution is 2.41. The highest BCUT2D eigenvalue weighted by atomic mass is 35.5. The molecule has 1 saturated heterocycles. The van der Waals surface area contributed by atoms with Crippen LogP contribution in [0.2, 0.25) is 5.02 Å². The van der Waals surface area contributed by atoms with Crippen LogP contribution in [0.25, 0.3) is 0 Å². The maximum Gasteiger partial charge on any atom is 0.308 e. The van der Waals surface area contributed by atoms with Gasteiger partial charge < -0.3 is 5.11 Å². The first kappa shape index (κ1) is 14.4. The van der Waals surface area contributed by atoms with Gasteiger partial charge >= 0.3 is 5.97 Å². The van der Waals surface area contributed by atoms with E-state index in [4.69, 9.17) is 11.6 Å². The number of benzene rings is 1. The molecule has 0 spiro atoms. The Balaban J connectivity index is 2.39. The Bertz CT molecular complexity index is 464. The molecule has 0 radical (unpaired) electrons. The molecule has 0 aliphatic carbocycles. The Kier molecular flexibility index (Phi) is 3.88. The first-order chi connectivity index (χ1) is 8.80. The second kappa shape index (κ2) is 5.14. The number of halogens is 1. The third kappa shape index (κ3) is 2.93. The van der Waals surface area contributed by atoms with Gasteiger partial charge in [-0.25, -0.2) is 0 Å². The molecule has 1 aromatic rings. The van der Waals surface area contributed by atoms with E-state index in [0.29, 0.717) is 11.4 Å². The zero-order valence-corrected chi connectivity index (χ0v) is 12.3. The summed E-state index contributed by atoms with van der Waals surface area (Å²) in [5, 5.41) is 10.1. The quantitative estimate of drug-likeness (QED) is 0.901. The van der Waals surface area contributed by atoms with Crippen LogP contribution in [0.15, 0.2) is 24.3 Å². The topological polar surface area (TPSA) is 40.5 Å². The van der Waals surface area contributed by atoms with E-state index in [0.717, 1.165) is 12.1 Å². The summed E-state index contributed by atoms with van der Waals surface area (Å²) in [7, 11) is 0. The molecule has 104 valence electrons. The smallest absolute Gasteiger partial charge is 0.308 e. The van der Waals surface area contributed by atoms with Gasteiger partial charge in [0.1, 0.15) is 0 Å². The molecule has 2 atom stereocenters. The summed E-state index contributed by atoms with van der Waals surface area (Å²) in [5.74, 6) is -1.06. The summed E-state index contributed by atoms with van der Waals surface area (Å²) in [6.45, 7) is 7.19. The molecule has 0 bridgehead atoms. The van der Waals surface area contributed by atoms with E-state index in [-0.39, 0.29) is 17.5 Å². The van der Waals surface area contributed by atoms with Gasteiger partial charge in [-0.1, -0.05) is 23.7 Å². The number of nitrogens with zero attached hydrogens (tertiary/aromatic N) is 1. The van der Waals surface area contributed by atoms with Gasteiger partial charge in [0.15, 0.2) is 0 Å². The predicted molar refractivity (Wildman–Crippen MR) is 76.4 cm³/mol. The van der Waals surface area contributed by atoms with Crippen molar-refractivity contribution < 1.29 is 9.90 Å². The second-order valence-electron chi connectivity index (χ2n) is 6.09. The molecule has 4 heteroatoms. The van der Waals surface area contributed by atoms with Gasteiger partial charge in [-0.05, 0) is 44.9 Å². The minimum Gasteiger partial charge on any atom is -0.481 e. The van der Waals surface area contributed by atoms with E-state index in [9.17, 15) is 9.90 Å². The van der Waals surface area contributed by atoms with Crippen molar-refractivity contribution in [3.63, 3.8) is 0 Å². The van der Waals surface area contributed by atoms with Crippen LogP contribution in [0.1, 0.15) is 38.8 Å². The lowest BCUT2D eigenvalue weighted by Crippen LogP contribution is -2.42. The van der Waals surface area contributed by atoms with E-state index in [2.05, 4.69) is 25.7 Å². The zero-order chi connectivity index (χ0) is 14.2. The highest BCUT2D eigenvalue weighted by molar-refractivity contribution is 6.30. The molecular weight excluding hydrogens is 262 g/mol. The van der Waals surface area contributed by atoms with Crippen molar-refractivity contribution in [3.8, 4) is 0 Å². The van der Waals surface area contributed by atoms with Gasteiger partial charge in [0.2, 0.25) is 0 Å². The first-order valence-electron chi connectivity index (χ1n) is 6.56. The van der Waals surface area contributed by atoms with Crippen molar-refractivity contribution >= 4 is 17.6 Å². The highest BCUT2D eigenvalue weighted by Gasteiger charge is 2.43. The van der Waals surface area contributed by atoms with E-state index in [1.54, 1.807) is 0 Å². The molecule has 1 aromatic carbocycles. The molecule has 1 fully saturated rings. The van der Waals surface area contributed by atoms with Crippen LogP contribution in [0.5, 0.6) is 0 Å². The lowest BCUT2D eigenvalue weighted by atomic mass is 9.92. The van der Waals surface area contributed by atoms with Gasteiger partial charge in [-0.3, -0.25) is 9.69 Å². The SMILES string of the molecule is CC(C)(C)N1CC[C@H](C(=O)O)C1c1ccc(Cl)cc1. The van der Waals surface area contributed by atoms with Crippen molar-refractivity contribution in [1.29, 1.82) is 0 Å². The molecular formula is C15H20ClNO2. The van der Waals surface area contributed by atoms with Crippen molar-refractivity contribution in [1.82, 2.24) is 4.90 Å². The molecule has 0 aromatic heterocycles. The Morgan fingerprint density at radius 1 is 1.32 bits per heavy atom. The standard InChI is InChI=1S/C15H20ClNO2/c1-15(2,3)17-9-8-12(14(18)19)13(17)10-4-6-11(16)7-5-10/h4-7,12-13H,8-9H2,1-3H3,(H,18,19)/t12-,13?/m0/s1. The van der Waals surface area contributed by atoms with Gasteiger partial charge in [-0.2, -0.15) is 0 Å². The normalized spacial score (nSPS) is 24.6. The maximum absolute atomic E-state index is 11.5. The summed E-state index contributed by atoms with van der Waals surface area (Å²) >= 11 is 5.91. The zero-order valence-electron chi connectivity index (χ0n) is 11.6. The van der Waals surface area contributed by atoms with Crippen LogP contribution >= 0.6 is 11.6 Å². The Hall–Kier alpha value is -1.06. The third-order valence-electron chi connectivity index (χ3n) is 3.79. The molecule has 19 heavy (non-hydrogen) atoms. The fourth-order valence-electron chi connectivity index (χ4n) is 2.88. The summed E-state index contributed by atoms with van der Waals surface area (Å²) in [6.07, 6.45) is 0.694. The largest absolute Gasteiger partial charge is 0.481 e. The Morgan fingerprint density at radius 2 is 1.89 bits per heavy atom. The van der Waals surface area contributed by atoms with Crippen LogP contribution in [0.3, 0.4) is 0 Å². The summed E-state index contributed by atoms with van der Waals surface area (Å²) in [4.78, 5) is 13.7. The first-order valence-corrected chi connectivity index (χ1v) is 6.93. The number of likely N-dealkylation sites (tertiary alicyclic amines) is 1. The van der Waals surface area contributed by atoms with E-state index >= 15 is 0 Å². The molecule has 0 amide bonds. The van der Waals surface area contributed by atoms with E-state index in [1.807, 2.05) is 24.3 Å². The molecule has 2 rings (SSSR count). The van der Waals surface area contributed by atoms with Crippen LogP contribution in [0.4, 0.5) is 0 Å². The Morgan fingerprint density at radius 3 is 2.37 bits per heavy atom. The van der Waals surface area contributed by atoms with Gasteiger partial charge in [0.05, 0.1) is 5.92 Å². The lowest BCUT2D eigenvalue weighted by Gasteiger charge is -2.38. The summed E-state index contributed by atoms with van der Waals surface area (Å²) in [5.41, 5.74) is 0.985. The summed E-state index contributed by atoms with van der Waals surface area (Å²) in [6, 6.07) is 7.46. The van der Waals surface area contributed by atoms with Crippen LogP contribution in [-0.2, 0) is 4.79 Å². The monoisotopic (exact) mass is 281 g/mol. The van der Waals surface area contributed by atoms with E-state index < -0.39 is 5.97 Å². The maximum atomic E-state index is 11.5. The minimum absolute atomic E-state index is 0.0471. The number of aliphatic carboxylic acids is 1. The van der Waals surface area contributed by atoms with Crippen molar-refractivity contribution in [2.24, 2.45) is 5.92 Å². The lowest BCUT2D eigenvalue weighted by molar-refractivity contribution is -0.142. The molecule has 1 unspecified atom stereocenters. The number of hydrogen-bond acceptors (Lipinski definition) is 2. The van der Waals surface area contributed by atoms with Gasteiger partial charge in [0, 0.05) is 23.1 Å². The van der Waals surface area contributed by atoms with Crippen molar-refractivity contribution in [2.75, 3.05) is 6.54 Å². The van der Waals surface area contributed by atoms with Crippen LogP contribution in [0, 0.1) is 5.92 Å². The average molecular weight is 282 g/mol. The number of carbonyl (C=O) groups is 1. The number of carboxylic acids is 1. The number of carboxylic acid groups (broad SMARTS) is 1. The predicted octanol–water partition coefficient (Wildman–Crippen LogP) is 3.59. The molecule has 1 N–H and O–H groups in total. The molecule has 0 saturated carbocycles. The van der Waals surface area contributed by atoms with Crippen LogP contribution < -0.4 is 0 Å². The third-order valence-corrected chi connectivity index (χ3v) is 4.04. The fourth-order valence-corrected chi connectivity index (χ4v) is 3.00. The second-order valence-corrected chi connectivity index (χ2v) is 6.53. The van der Waals surface area contributed by atoms with Gasteiger partial charge in [-0.15, -0.1) is 0 Å². The Labute approximate surface area is 119 Å². The molecule has 1 aliphatic heterocycles. The molecule has 1 aliphatic rings. The number of hydrogen-bond donors (Lipinski definition) is 1. The van der Waals surface area contributed by atoms with Crippen LogP contribution in [-0.4, -0.2) is 28.1 Å².